The largest absolute Gasteiger partial charge is 0.293 e. The van der Waals surface area contributed by atoms with Gasteiger partial charge in [-0.25, -0.2) is 9.50 Å². The van der Waals surface area contributed by atoms with Gasteiger partial charge in [-0.3, -0.25) is 9.89 Å². The minimum absolute atomic E-state index is 0.0129. The normalized spacial score (nSPS) is 11.5. The van der Waals surface area contributed by atoms with Gasteiger partial charge in [0.2, 0.25) is 0 Å². The SMILES string of the molecule is CCCc1c(C)nc2c(-c3cccc4ccccc34)c(C)[nH]n2c1=O. The molecule has 0 radical (unpaired) electrons. The Labute approximate surface area is 146 Å². The third-order valence-corrected chi connectivity index (χ3v) is 4.82. The van der Waals surface area contributed by atoms with Gasteiger partial charge in [0.15, 0.2) is 5.65 Å². The Morgan fingerprint density at radius 1 is 1.08 bits per heavy atom. The highest BCUT2D eigenvalue weighted by molar-refractivity contribution is 6.00. The number of H-pyrrole nitrogens is 1. The van der Waals surface area contributed by atoms with Crippen molar-refractivity contribution in [1.29, 1.82) is 0 Å². The second kappa shape index (κ2) is 5.88. The van der Waals surface area contributed by atoms with Crippen molar-refractivity contribution in [1.82, 2.24) is 14.6 Å². The number of hydrogen-bond donors (Lipinski definition) is 1. The number of benzene rings is 2. The average molecular weight is 331 g/mol. The summed E-state index contributed by atoms with van der Waals surface area (Å²) in [4.78, 5) is 17.7. The fraction of sp³-hybridized carbons (Fsp3) is 0.238. The van der Waals surface area contributed by atoms with Gasteiger partial charge in [0, 0.05) is 22.5 Å². The maximum Gasteiger partial charge on any atom is 0.276 e. The number of hydrogen-bond acceptors (Lipinski definition) is 2. The molecule has 2 heterocycles. The molecular formula is C21H21N3O. The molecule has 0 aliphatic heterocycles. The summed E-state index contributed by atoms with van der Waals surface area (Å²) < 4.78 is 1.60. The molecule has 0 fully saturated rings. The Kier molecular flexibility index (Phi) is 3.68. The highest BCUT2D eigenvalue weighted by Crippen LogP contribution is 2.33. The van der Waals surface area contributed by atoms with Crippen LogP contribution in [-0.2, 0) is 6.42 Å². The highest BCUT2D eigenvalue weighted by atomic mass is 16.1. The lowest BCUT2D eigenvalue weighted by molar-refractivity contribution is 0.811. The van der Waals surface area contributed by atoms with Gasteiger partial charge in [0.05, 0.1) is 0 Å². The minimum atomic E-state index is 0.0129. The first-order chi connectivity index (χ1) is 12.1. The van der Waals surface area contributed by atoms with Gasteiger partial charge in [-0.15, -0.1) is 0 Å². The zero-order chi connectivity index (χ0) is 17.6. The van der Waals surface area contributed by atoms with Crippen LogP contribution in [0.3, 0.4) is 0 Å². The number of rotatable bonds is 3. The number of fused-ring (bicyclic) bond motifs is 2. The molecule has 4 heteroatoms. The van der Waals surface area contributed by atoms with Crippen LogP contribution in [0, 0.1) is 13.8 Å². The Balaban J connectivity index is 2.09. The quantitative estimate of drug-likeness (QED) is 0.604. The number of aromatic amines is 1. The monoisotopic (exact) mass is 331 g/mol. The summed E-state index contributed by atoms with van der Waals surface area (Å²) >= 11 is 0. The summed E-state index contributed by atoms with van der Waals surface area (Å²) in [6.07, 6.45) is 1.68. The first kappa shape index (κ1) is 15.6. The van der Waals surface area contributed by atoms with E-state index in [0.717, 1.165) is 40.9 Å². The van der Waals surface area contributed by atoms with Crippen LogP contribution in [0.15, 0.2) is 47.3 Å². The third-order valence-electron chi connectivity index (χ3n) is 4.82. The van der Waals surface area contributed by atoms with E-state index in [1.165, 1.54) is 10.8 Å². The van der Waals surface area contributed by atoms with Crippen molar-refractivity contribution in [3.63, 3.8) is 0 Å². The molecule has 126 valence electrons. The molecule has 0 bridgehead atoms. The van der Waals surface area contributed by atoms with Gasteiger partial charge in [0.25, 0.3) is 5.56 Å². The molecule has 0 saturated heterocycles. The van der Waals surface area contributed by atoms with Crippen molar-refractivity contribution in [2.75, 3.05) is 0 Å². The van der Waals surface area contributed by atoms with E-state index < -0.39 is 0 Å². The molecule has 0 aliphatic carbocycles. The fourth-order valence-electron chi connectivity index (χ4n) is 3.63. The number of nitrogens with one attached hydrogen (secondary N) is 1. The van der Waals surface area contributed by atoms with E-state index in [1.54, 1.807) is 4.52 Å². The second-order valence-corrected chi connectivity index (χ2v) is 6.53. The predicted molar refractivity (Wildman–Crippen MR) is 102 cm³/mol. The van der Waals surface area contributed by atoms with Crippen molar-refractivity contribution >= 4 is 16.4 Å². The van der Waals surface area contributed by atoms with Crippen LogP contribution < -0.4 is 5.56 Å². The molecule has 0 saturated carbocycles. The van der Waals surface area contributed by atoms with E-state index in [4.69, 9.17) is 4.98 Å². The van der Waals surface area contributed by atoms with Crippen LogP contribution in [0.25, 0.3) is 27.5 Å². The molecule has 0 atom stereocenters. The molecule has 0 spiro atoms. The fourth-order valence-corrected chi connectivity index (χ4v) is 3.63. The van der Waals surface area contributed by atoms with Crippen LogP contribution in [-0.4, -0.2) is 14.6 Å². The molecule has 2 aromatic heterocycles. The van der Waals surface area contributed by atoms with E-state index >= 15 is 0 Å². The molecule has 4 rings (SSSR count). The maximum absolute atomic E-state index is 12.9. The standard InChI is InChI=1S/C21H21N3O/c1-4-8-16-13(2)22-20-19(14(3)23-24(20)21(16)25)18-12-7-10-15-9-5-6-11-17(15)18/h5-7,9-12,23H,4,8H2,1-3H3. The van der Waals surface area contributed by atoms with E-state index in [-0.39, 0.29) is 5.56 Å². The van der Waals surface area contributed by atoms with Crippen LogP contribution in [0.4, 0.5) is 0 Å². The number of aromatic nitrogens is 3. The highest BCUT2D eigenvalue weighted by Gasteiger charge is 2.18. The van der Waals surface area contributed by atoms with E-state index in [0.29, 0.717) is 5.65 Å². The molecule has 0 unspecified atom stereocenters. The first-order valence-corrected chi connectivity index (χ1v) is 8.70. The van der Waals surface area contributed by atoms with Crippen LogP contribution in [0.5, 0.6) is 0 Å². The van der Waals surface area contributed by atoms with Crippen molar-refractivity contribution in [2.45, 2.75) is 33.6 Å². The van der Waals surface area contributed by atoms with Crippen molar-refractivity contribution < 1.29 is 0 Å². The lowest BCUT2D eigenvalue weighted by atomic mass is 9.98. The second-order valence-electron chi connectivity index (χ2n) is 6.53. The average Bonchev–Trinajstić information content (AvgIpc) is 2.94. The molecule has 25 heavy (non-hydrogen) atoms. The van der Waals surface area contributed by atoms with E-state index in [9.17, 15) is 4.79 Å². The van der Waals surface area contributed by atoms with Crippen LogP contribution in [0.2, 0.25) is 0 Å². The lowest BCUT2D eigenvalue weighted by Crippen LogP contribution is -2.21. The number of nitrogens with zero attached hydrogens (tertiary/aromatic N) is 2. The van der Waals surface area contributed by atoms with E-state index in [1.807, 2.05) is 26.0 Å². The van der Waals surface area contributed by atoms with Gasteiger partial charge in [-0.05, 0) is 36.6 Å². The molecule has 0 aliphatic rings. The van der Waals surface area contributed by atoms with Gasteiger partial charge in [-0.1, -0.05) is 55.8 Å². The maximum atomic E-state index is 12.9. The molecule has 2 aromatic carbocycles. The minimum Gasteiger partial charge on any atom is -0.293 e. The summed E-state index contributed by atoms with van der Waals surface area (Å²) in [6.45, 7) is 6.01. The molecule has 1 N–H and O–H groups in total. The Hall–Kier alpha value is -2.88. The van der Waals surface area contributed by atoms with Crippen molar-refractivity contribution in [2.24, 2.45) is 0 Å². The number of aryl methyl sites for hydroxylation is 2. The Morgan fingerprint density at radius 2 is 1.84 bits per heavy atom. The van der Waals surface area contributed by atoms with Gasteiger partial charge >= 0.3 is 0 Å². The lowest BCUT2D eigenvalue weighted by Gasteiger charge is -2.08. The van der Waals surface area contributed by atoms with Crippen molar-refractivity contribution in [3.8, 4) is 11.1 Å². The van der Waals surface area contributed by atoms with Crippen LogP contribution in [0.1, 0.15) is 30.3 Å². The molecule has 4 aromatic rings. The topological polar surface area (TPSA) is 50.2 Å². The predicted octanol–water partition coefficient (Wildman–Crippen LogP) is 4.41. The summed E-state index contributed by atoms with van der Waals surface area (Å²) in [7, 11) is 0. The summed E-state index contributed by atoms with van der Waals surface area (Å²) in [5.41, 5.74) is 5.39. The zero-order valence-electron chi connectivity index (χ0n) is 14.8. The molecule has 4 nitrogen and oxygen atoms in total. The summed E-state index contributed by atoms with van der Waals surface area (Å²) in [6, 6.07) is 14.6. The van der Waals surface area contributed by atoms with Gasteiger partial charge < -0.3 is 0 Å². The Bertz CT molecular complexity index is 1150. The van der Waals surface area contributed by atoms with Crippen LogP contribution >= 0.6 is 0 Å². The first-order valence-electron chi connectivity index (χ1n) is 8.70. The summed E-state index contributed by atoms with van der Waals surface area (Å²) in [5, 5.41) is 5.57. The summed E-state index contributed by atoms with van der Waals surface area (Å²) in [5.74, 6) is 0. The van der Waals surface area contributed by atoms with Crippen molar-refractivity contribution in [3.05, 3.63) is 69.8 Å². The zero-order valence-corrected chi connectivity index (χ0v) is 14.8. The molecular weight excluding hydrogens is 310 g/mol. The van der Waals surface area contributed by atoms with Gasteiger partial charge in [-0.2, -0.15) is 0 Å². The van der Waals surface area contributed by atoms with Gasteiger partial charge in [0.1, 0.15) is 0 Å². The smallest absolute Gasteiger partial charge is 0.276 e. The Morgan fingerprint density at radius 3 is 2.64 bits per heavy atom. The van der Waals surface area contributed by atoms with E-state index in [2.05, 4.69) is 42.4 Å². The third kappa shape index (κ3) is 2.37. The molecule has 0 amide bonds.